The average molecular weight is 306 g/mol. The van der Waals surface area contributed by atoms with Gasteiger partial charge in [0.25, 0.3) is 0 Å². The highest BCUT2D eigenvalue weighted by molar-refractivity contribution is 6.30. The molecule has 0 saturated carbocycles. The summed E-state index contributed by atoms with van der Waals surface area (Å²) >= 11 is 5.85. The molecule has 1 aromatic carbocycles. The van der Waals surface area contributed by atoms with E-state index >= 15 is 0 Å². The lowest BCUT2D eigenvalue weighted by molar-refractivity contribution is -0.132. The van der Waals surface area contributed by atoms with E-state index in [4.69, 9.17) is 16.9 Å². The smallest absolute Gasteiger partial charge is 0.240 e. The highest BCUT2D eigenvalue weighted by Crippen LogP contribution is 2.22. The molecule has 1 aliphatic rings. The van der Waals surface area contributed by atoms with E-state index in [1.165, 1.54) is 0 Å². The van der Waals surface area contributed by atoms with Gasteiger partial charge in [0.05, 0.1) is 11.6 Å². The molecule has 0 spiro atoms. The molecule has 0 aromatic heterocycles. The van der Waals surface area contributed by atoms with Crippen LogP contribution in [0.4, 0.5) is 0 Å². The summed E-state index contributed by atoms with van der Waals surface area (Å²) in [6.07, 6.45) is 0. The molecule has 4 nitrogen and oxygen atoms in total. The number of hydrogen-bond donors (Lipinski definition) is 0. The highest BCUT2D eigenvalue weighted by Gasteiger charge is 2.26. The van der Waals surface area contributed by atoms with Gasteiger partial charge in [0.1, 0.15) is 5.38 Å². The molecule has 1 heterocycles. The predicted molar refractivity (Wildman–Crippen MR) is 83.0 cm³/mol. The molecule has 5 heteroatoms. The largest absolute Gasteiger partial charge is 0.339 e. The van der Waals surface area contributed by atoms with E-state index < -0.39 is 5.38 Å². The molecule has 0 aliphatic carbocycles. The van der Waals surface area contributed by atoms with Crippen molar-refractivity contribution in [1.82, 2.24) is 9.80 Å². The summed E-state index contributed by atoms with van der Waals surface area (Å²) in [6.45, 7) is 6.92. The second kappa shape index (κ2) is 6.93. The third kappa shape index (κ3) is 3.75. The van der Waals surface area contributed by atoms with E-state index in [-0.39, 0.29) is 11.9 Å². The standard InChI is InChI=1S/C16H20ClN3O/c1-12(17)16(21)20-8-6-19(7-9-20)13(2)15-5-3-4-14(10-15)11-18/h3-5,10,12-13H,6-9H2,1-2H3. The maximum Gasteiger partial charge on any atom is 0.240 e. The van der Waals surface area contributed by atoms with Gasteiger partial charge in [-0.25, -0.2) is 0 Å². The van der Waals surface area contributed by atoms with E-state index in [0.29, 0.717) is 18.7 Å². The maximum atomic E-state index is 11.9. The molecule has 2 unspecified atom stereocenters. The van der Waals surface area contributed by atoms with Crippen molar-refractivity contribution in [2.45, 2.75) is 25.3 Å². The number of nitrogens with zero attached hydrogens (tertiary/aromatic N) is 3. The minimum absolute atomic E-state index is 0.00967. The van der Waals surface area contributed by atoms with Crippen LogP contribution in [0.5, 0.6) is 0 Å². The molecule has 112 valence electrons. The van der Waals surface area contributed by atoms with Crippen molar-refractivity contribution in [3.05, 3.63) is 35.4 Å². The zero-order valence-corrected chi connectivity index (χ0v) is 13.2. The molecule has 1 fully saturated rings. The first-order valence-corrected chi connectivity index (χ1v) is 7.63. The van der Waals surface area contributed by atoms with Crippen LogP contribution in [-0.4, -0.2) is 47.3 Å². The SMILES string of the molecule is CC(Cl)C(=O)N1CCN(C(C)c2cccc(C#N)c2)CC1. The molecule has 2 rings (SSSR count). The van der Waals surface area contributed by atoms with Gasteiger partial charge < -0.3 is 4.90 Å². The second-order valence-electron chi connectivity index (χ2n) is 5.39. The summed E-state index contributed by atoms with van der Waals surface area (Å²) in [5.41, 5.74) is 1.82. The quantitative estimate of drug-likeness (QED) is 0.806. The Morgan fingerprint density at radius 3 is 2.52 bits per heavy atom. The van der Waals surface area contributed by atoms with Gasteiger partial charge in [-0.1, -0.05) is 12.1 Å². The molecule has 0 N–H and O–H groups in total. The number of amides is 1. The van der Waals surface area contributed by atoms with Gasteiger partial charge in [-0.15, -0.1) is 11.6 Å². The van der Waals surface area contributed by atoms with E-state index in [1.807, 2.05) is 29.2 Å². The Morgan fingerprint density at radius 1 is 1.29 bits per heavy atom. The van der Waals surface area contributed by atoms with Crippen LogP contribution in [0.25, 0.3) is 0 Å². The summed E-state index contributed by atoms with van der Waals surface area (Å²) < 4.78 is 0. The van der Waals surface area contributed by atoms with Crippen LogP contribution in [0.2, 0.25) is 0 Å². The Kier molecular flexibility index (Phi) is 5.22. The Hall–Kier alpha value is -1.57. The lowest BCUT2D eigenvalue weighted by Gasteiger charge is -2.38. The van der Waals surface area contributed by atoms with Crippen LogP contribution in [-0.2, 0) is 4.79 Å². The monoisotopic (exact) mass is 305 g/mol. The molecule has 0 radical (unpaired) electrons. The number of rotatable bonds is 3. The number of piperazine rings is 1. The van der Waals surface area contributed by atoms with Crippen LogP contribution in [0, 0.1) is 11.3 Å². The number of carbonyl (C=O) groups is 1. The van der Waals surface area contributed by atoms with E-state index in [0.717, 1.165) is 18.7 Å². The van der Waals surface area contributed by atoms with Gasteiger partial charge in [-0.05, 0) is 31.5 Å². The average Bonchev–Trinajstić information content (AvgIpc) is 2.53. The van der Waals surface area contributed by atoms with Crippen molar-refractivity contribution in [1.29, 1.82) is 5.26 Å². The molecule has 1 saturated heterocycles. The van der Waals surface area contributed by atoms with E-state index in [1.54, 1.807) is 6.92 Å². The lowest BCUT2D eigenvalue weighted by atomic mass is 10.0. The Bertz CT molecular complexity index is 545. The Morgan fingerprint density at radius 2 is 1.95 bits per heavy atom. The number of halogens is 1. The third-order valence-corrected chi connectivity index (χ3v) is 4.20. The summed E-state index contributed by atoms with van der Waals surface area (Å²) in [5, 5.41) is 8.52. The molecule has 0 bridgehead atoms. The second-order valence-corrected chi connectivity index (χ2v) is 6.05. The number of hydrogen-bond acceptors (Lipinski definition) is 3. The molecular weight excluding hydrogens is 286 g/mol. The molecule has 21 heavy (non-hydrogen) atoms. The zero-order valence-electron chi connectivity index (χ0n) is 12.4. The van der Waals surface area contributed by atoms with Crippen molar-refractivity contribution >= 4 is 17.5 Å². The van der Waals surface area contributed by atoms with Gasteiger partial charge in [0.2, 0.25) is 5.91 Å². The number of carbonyl (C=O) groups excluding carboxylic acids is 1. The number of benzene rings is 1. The minimum atomic E-state index is -0.457. The predicted octanol–water partition coefficient (Wildman–Crippen LogP) is 2.39. The van der Waals surface area contributed by atoms with Crippen LogP contribution in [0.15, 0.2) is 24.3 Å². The molecule has 1 aromatic rings. The first kappa shape index (κ1) is 15.8. The van der Waals surface area contributed by atoms with Crippen molar-refractivity contribution in [3.63, 3.8) is 0 Å². The van der Waals surface area contributed by atoms with Crippen molar-refractivity contribution < 1.29 is 4.79 Å². The first-order chi connectivity index (χ1) is 10.0. The van der Waals surface area contributed by atoms with Gasteiger partial charge in [0.15, 0.2) is 0 Å². The normalized spacial score (nSPS) is 18.9. The lowest BCUT2D eigenvalue weighted by Crippen LogP contribution is -2.50. The summed E-state index contributed by atoms with van der Waals surface area (Å²) in [4.78, 5) is 16.0. The fourth-order valence-corrected chi connectivity index (χ4v) is 2.80. The topological polar surface area (TPSA) is 47.3 Å². The first-order valence-electron chi connectivity index (χ1n) is 7.20. The molecule has 1 amide bonds. The third-order valence-electron chi connectivity index (χ3n) is 4.01. The Labute approximate surface area is 130 Å². The van der Waals surface area contributed by atoms with Crippen LogP contribution < -0.4 is 0 Å². The fraction of sp³-hybridized carbons (Fsp3) is 0.500. The molecule has 1 aliphatic heterocycles. The summed E-state index contributed by atoms with van der Waals surface area (Å²) in [5.74, 6) is 0.00967. The van der Waals surface area contributed by atoms with Crippen molar-refractivity contribution in [2.75, 3.05) is 26.2 Å². The fourth-order valence-electron chi connectivity index (χ4n) is 2.66. The zero-order chi connectivity index (χ0) is 15.4. The molecule has 2 atom stereocenters. The number of alkyl halides is 1. The highest BCUT2D eigenvalue weighted by atomic mass is 35.5. The van der Waals surface area contributed by atoms with Gasteiger partial charge in [0, 0.05) is 32.2 Å². The Balaban J connectivity index is 1.98. The van der Waals surface area contributed by atoms with Gasteiger partial charge in [-0.3, -0.25) is 9.69 Å². The maximum absolute atomic E-state index is 11.9. The summed E-state index contributed by atoms with van der Waals surface area (Å²) in [7, 11) is 0. The van der Waals surface area contributed by atoms with Crippen LogP contribution >= 0.6 is 11.6 Å². The van der Waals surface area contributed by atoms with E-state index in [9.17, 15) is 4.79 Å². The minimum Gasteiger partial charge on any atom is -0.339 e. The van der Waals surface area contributed by atoms with Gasteiger partial charge in [-0.2, -0.15) is 5.26 Å². The van der Waals surface area contributed by atoms with Gasteiger partial charge >= 0.3 is 0 Å². The van der Waals surface area contributed by atoms with Crippen LogP contribution in [0.1, 0.15) is 31.0 Å². The van der Waals surface area contributed by atoms with Crippen molar-refractivity contribution in [2.24, 2.45) is 0 Å². The van der Waals surface area contributed by atoms with E-state index in [2.05, 4.69) is 17.9 Å². The molecular formula is C16H20ClN3O. The number of nitriles is 1. The van der Waals surface area contributed by atoms with Crippen LogP contribution in [0.3, 0.4) is 0 Å². The van der Waals surface area contributed by atoms with Crippen molar-refractivity contribution in [3.8, 4) is 6.07 Å². The summed E-state index contributed by atoms with van der Waals surface area (Å²) in [6, 6.07) is 10.1.